The molecule has 1 atom stereocenters. The standard InChI is InChI=1S/C9H10F3N3O2S2/c1-5(8(13)18)19(16,17)15-6-2-3-7(14-4-6)9(10,11)12/h2-5,15H,1H3,(H2,13,18). The molecular weight excluding hydrogens is 303 g/mol. The van der Waals surface area contributed by atoms with Crippen molar-refractivity contribution in [3.8, 4) is 0 Å². The minimum Gasteiger partial charge on any atom is -0.392 e. The van der Waals surface area contributed by atoms with Gasteiger partial charge in [0.2, 0.25) is 10.0 Å². The lowest BCUT2D eigenvalue weighted by atomic mass is 10.3. The lowest BCUT2D eigenvalue weighted by Gasteiger charge is -2.13. The van der Waals surface area contributed by atoms with Crippen molar-refractivity contribution in [1.82, 2.24) is 4.98 Å². The molecule has 1 aromatic heterocycles. The van der Waals surface area contributed by atoms with E-state index in [1.165, 1.54) is 6.92 Å². The van der Waals surface area contributed by atoms with E-state index in [9.17, 15) is 21.6 Å². The molecule has 19 heavy (non-hydrogen) atoms. The van der Waals surface area contributed by atoms with Gasteiger partial charge in [-0.15, -0.1) is 0 Å². The van der Waals surface area contributed by atoms with Crippen LogP contribution in [0.1, 0.15) is 12.6 Å². The first-order valence-electron chi connectivity index (χ1n) is 4.88. The molecule has 0 radical (unpaired) electrons. The molecule has 1 heterocycles. The molecule has 0 aliphatic heterocycles. The van der Waals surface area contributed by atoms with Gasteiger partial charge in [-0.05, 0) is 19.1 Å². The van der Waals surface area contributed by atoms with Crippen LogP contribution in [0.4, 0.5) is 18.9 Å². The second kappa shape index (κ2) is 5.29. The van der Waals surface area contributed by atoms with Crippen LogP contribution in [-0.2, 0) is 16.2 Å². The topological polar surface area (TPSA) is 85.1 Å². The maximum atomic E-state index is 12.3. The molecule has 0 fully saturated rings. The highest BCUT2D eigenvalue weighted by Crippen LogP contribution is 2.28. The van der Waals surface area contributed by atoms with Gasteiger partial charge >= 0.3 is 6.18 Å². The zero-order valence-corrected chi connectivity index (χ0v) is 11.2. The molecule has 106 valence electrons. The number of nitrogens with zero attached hydrogens (tertiary/aromatic N) is 1. The second-order valence-corrected chi connectivity index (χ2v) is 6.09. The van der Waals surface area contributed by atoms with Crippen LogP contribution in [0.15, 0.2) is 18.3 Å². The summed E-state index contributed by atoms with van der Waals surface area (Å²) >= 11 is 4.55. The maximum Gasteiger partial charge on any atom is 0.433 e. The Morgan fingerprint density at radius 3 is 2.42 bits per heavy atom. The minimum absolute atomic E-state index is 0.101. The largest absolute Gasteiger partial charge is 0.433 e. The molecule has 1 rings (SSSR count). The van der Waals surface area contributed by atoms with E-state index in [4.69, 9.17) is 5.73 Å². The molecule has 0 aliphatic rings. The van der Waals surface area contributed by atoms with Gasteiger partial charge in [0.1, 0.15) is 10.9 Å². The second-order valence-electron chi connectivity index (χ2n) is 3.62. The Bertz CT molecular complexity index is 569. The highest BCUT2D eigenvalue weighted by atomic mass is 32.2. The normalized spacial score (nSPS) is 13.9. The van der Waals surface area contributed by atoms with Gasteiger partial charge in [0.15, 0.2) is 0 Å². The summed E-state index contributed by atoms with van der Waals surface area (Å²) in [5.41, 5.74) is 3.99. The minimum atomic E-state index is -4.58. The first kappa shape index (κ1) is 15.6. The van der Waals surface area contributed by atoms with Gasteiger partial charge in [0.05, 0.1) is 16.9 Å². The molecule has 0 amide bonds. The number of nitrogens with two attached hydrogens (primary N) is 1. The molecule has 0 saturated carbocycles. The SMILES string of the molecule is CC(C(N)=S)S(=O)(=O)Nc1ccc(C(F)(F)F)nc1. The number of thiocarbonyl (C=S) groups is 1. The average molecular weight is 313 g/mol. The van der Waals surface area contributed by atoms with Crippen molar-refractivity contribution in [3.05, 3.63) is 24.0 Å². The van der Waals surface area contributed by atoms with Crippen molar-refractivity contribution >= 4 is 32.9 Å². The average Bonchev–Trinajstić information content (AvgIpc) is 2.26. The van der Waals surface area contributed by atoms with Gasteiger partial charge in [-0.3, -0.25) is 4.72 Å². The van der Waals surface area contributed by atoms with Crippen molar-refractivity contribution in [1.29, 1.82) is 0 Å². The number of alkyl halides is 3. The third kappa shape index (κ3) is 4.03. The van der Waals surface area contributed by atoms with Gasteiger partial charge in [-0.25, -0.2) is 13.4 Å². The molecule has 1 unspecified atom stereocenters. The molecule has 0 spiro atoms. The van der Waals surface area contributed by atoms with Crippen LogP contribution in [-0.4, -0.2) is 23.6 Å². The zero-order valence-electron chi connectivity index (χ0n) is 9.60. The number of pyridine rings is 1. The van der Waals surface area contributed by atoms with E-state index in [1.807, 2.05) is 0 Å². The Morgan fingerprint density at radius 2 is 2.05 bits per heavy atom. The highest BCUT2D eigenvalue weighted by Gasteiger charge is 2.32. The van der Waals surface area contributed by atoms with Crippen LogP contribution in [0.2, 0.25) is 0 Å². The summed E-state index contributed by atoms with van der Waals surface area (Å²) in [6, 6.07) is 1.63. The third-order valence-electron chi connectivity index (χ3n) is 2.18. The molecule has 10 heteroatoms. The Morgan fingerprint density at radius 1 is 1.47 bits per heavy atom. The highest BCUT2D eigenvalue weighted by molar-refractivity contribution is 7.95. The van der Waals surface area contributed by atoms with E-state index in [1.54, 1.807) is 0 Å². The first-order chi connectivity index (χ1) is 8.54. The third-order valence-corrected chi connectivity index (χ3v) is 4.39. The summed E-state index contributed by atoms with van der Waals surface area (Å²) in [5.74, 6) is 0. The summed E-state index contributed by atoms with van der Waals surface area (Å²) in [4.78, 5) is 2.88. The van der Waals surface area contributed by atoms with Crippen molar-refractivity contribution in [2.45, 2.75) is 18.3 Å². The predicted molar refractivity (Wildman–Crippen MR) is 68.0 cm³/mol. The smallest absolute Gasteiger partial charge is 0.392 e. The Hall–Kier alpha value is -1.42. The van der Waals surface area contributed by atoms with Gasteiger partial charge in [-0.2, -0.15) is 13.2 Å². The lowest BCUT2D eigenvalue weighted by molar-refractivity contribution is -0.141. The lowest BCUT2D eigenvalue weighted by Crippen LogP contribution is -2.35. The van der Waals surface area contributed by atoms with Crippen molar-refractivity contribution in [3.63, 3.8) is 0 Å². The number of rotatable bonds is 4. The quantitative estimate of drug-likeness (QED) is 0.823. The van der Waals surface area contributed by atoms with Gasteiger partial charge < -0.3 is 5.73 Å². The number of aromatic nitrogens is 1. The summed E-state index contributed by atoms with van der Waals surface area (Å²) in [6.07, 6.45) is -3.81. The van der Waals surface area contributed by atoms with Crippen LogP contribution in [0, 0.1) is 0 Å². The monoisotopic (exact) mass is 313 g/mol. The number of halogens is 3. The van der Waals surface area contributed by atoms with E-state index in [-0.39, 0.29) is 10.7 Å². The number of hydrogen-bond acceptors (Lipinski definition) is 4. The zero-order chi connectivity index (χ0) is 14.8. The van der Waals surface area contributed by atoms with Gasteiger partial charge in [0, 0.05) is 0 Å². The summed E-state index contributed by atoms with van der Waals surface area (Å²) < 4.78 is 62.2. The van der Waals surface area contributed by atoms with Gasteiger partial charge in [-0.1, -0.05) is 12.2 Å². The van der Waals surface area contributed by atoms with Crippen LogP contribution in [0.25, 0.3) is 0 Å². The van der Waals surface area contributed by atoms with Crippen LogP contribution in [0.5, 0.6) is 0 Å². The van der Waals surface area contributed by atoms with Crippen molar-refractivity contribution < 1.29 is 21.6 Å². The van der Waals surface area contributed by atoms with Crippen LogP contribution < -0.4 is 10.5 Å². The molecule has 3 N–H and O–H groups in total. The Balaban J connectivity index is 2.93. The molecular formula is C9H10F3N3O2S2. The number of sulfonamides is 1. The number of nitrogens with one attached hydrogen (secondary N) is 1. The number of anilines is 1. The summed E-state index contributed by atoms with van der Waals surface area (Å²) in [7, 11) is -3.90. The fourth-order valence-electron chi connectivity index (χ4n) is 1.03. The van der Waals surface area contributed by atoms with E-state index in [2.05, 4.69) is 21.9 Å². The fraction of sp³-hybridized carbons (Fsp3) is 0.333. The Kier molecular flexibility index (Phi) is 4.35. The van der Waals surface area contributed by atoms with E-state index in [0.717, 1.165) is 12.3 Å². The molecule has 0 aliphatic carbocycles. The van der Waals surface area contributed by atoms with E-state index in [0.29, 0.717) is 6.07 Å². The summed E-state index contributed by atoms with van der Waals surface area (Å²) in [6.45, 7) is 1.27. The van der Waals surface area contributed by atoms with E-state index >= 15 is 0 Å². The fourth-order valence-corrected chi connectivity index (χ4v) is 2.34. The summed E-state index contributed by atoms with van der Waals surface area (Å²) in [5, 5.41) is -1.15. The number of hydrogen-bond donors (Lipinski definition) is 2. The van der Waals surface area contributed by atoms with Crippen LogP contribution in [0.3, 0.4) is 0 Å². The van der Waals surface area contributed by atoms with Crippen LogP contribution >= 0.6 is 12.2 Å². The van der Waals surface area contributed by atoms with Crippen molar-refractivity contribution in [2.75, 3.05) is 4.72 Å². The molecule has 0 bridgehead atoms. The molecule has 0 aromatic carbocycles. The van der Waals surface area contributed by atoms with E-state index < -0.39 is 27.1 Å². The molecule has 5 nitrogen and oxygen atoms in total. The van der Waals surface area contributed by atoms with Gasteiger partial charge in [0.25, 0.3) is 0 Å². The van der Waals surface area contributed by atoms with Crippen molar-refractivity contribution in [2.24, 2.45) is 5.73 Å². The first-order valence-corrected chi connectivity index (χ1v) is 6.83. The molecule has 0 saturated heterocycles. The predicted octanol–water partition coefficient (Wildman–Crippen LogP) is 1.52. The molecule has 1 aromatic rings. The maximum absolute atomic E-state index is 12.3. The Labute approximate surface area is 113 Å².